The molecular formula is C13H16FNO3. The van der Waals surface area contributed by atoms with Gasteiger partial charge in [-0.05, 0) is 13.0 Å². The van der Waals surface area contributed by atoms with Gasteiger partial charge in [-0.15, -0.1) is 0 Å². The lowest BCUT2D eigenvalue weighted by atomic mass is 9.95. The Morgan fingerprint density at radius 3 is 2.78 bits per heavy atom. The summed E-state index contributed by atoms with van der Waals surface area (Å²) in [7, 11) is 0. The topological polar surface area (TPSA) is 49.8 Å². The van der Waals surface area contributed by atoms with E-state index in [4.69, 9.17) is 9.84 Å². The molecule has 5 heteroatoms. The maximum absolute atomic E-state index is 13.4. The minimum absolute atomic E-state index is 0.211. The summed E-state index contributed by atoms with van der Waals surface area (Å²) in [6, 6.07) is 6.66. The SMILES string of the molecule is CC1(OCC(=O)O)CN(Cc2ccccc2F)C1. The van der Waals surface area contributed by atoms with Crippen LogP contribution < -0.4 is 0 Å². The Labute approximate surface area is 105 Å². The molecule has 0 amide bonds. The van der Waals surface area contributed by atoms with Crippen molar-refractivity contribution in [1.82, 2.24) is 4.90 Å². The first-order valence-corrected chi connectivity index (χ1v) is 5.80. The lowest BCUT2D eigenvalue weighted by Crippen LogP contribution is -2.61. The first-order chi connectivity index (χ1) is 8.48. The number of carbonyl (C=O) groups is 1. The van der Waals surface area contributed by atoms with Gasteiger partial charge in [0.25, 0.3) is 0 Å². The minimum atomic E-state index is -0.969. The highest BCUT2D eigenvalue weighted by molar-refractivity contribution is 5.68. The van der Waals surface area contributed by atoms with Crippen molar-refractivity contribution in [3.05, 3.63) is 35.6 Å². The molecule has 1 aromatic carbocycles. The Hall–Kier alpha value is -1.46. The molecule has 2 rings (SSSR count). The quantitative estimate of drug-likeness (QED) is 0.864. The molecule has 0 saturated carbocycles. The number of likely N-dealkylation sites (tertiary alicyclic amines) is 1. The molecule has 1 fully saturated rings. The second kappa shape index (κ2) is 5.04. The third-order valence-corrected chi connectivity index (χ3v) is 3.01. The fraction of sp³-hybridized carbons (Fsp3) is 0.462. The van der Waals surface area contributed by atoms with Crippen LogP contribution in [0.5, 0.6) is 0 Å². The molecule has 0 bridgehead atoms. The zero-order valence-electron chi connectivity index (χ0n) is 10.2. The highest BCUT2D eigenvalue weighted by Gasteiger charge is 2.40. The molecule has 0 atom stereocenters. The van der Waals surface area contributed by atoms with E-state index >= 15 is 0 Å². The third-order valence-electron chi connectivity index (χ3n) is 3.01. The van der Waals surface area contributed by atoms with E-state index in [9.17, 15) is 9.18 Å². The molecule has 18 heavy (non-hydrogen) atoms. The Morgan fingerprint density at radius 1 is 1.50 bits per heavy atom. The number of hydrogen-bond donors (Lipinski definition) is 1. The van der Waals surface area contributed by atoms with Gasteiger partial charge in [0.05, 0.1) is 5.60 Å². The number of hydrogen-bond acceptors (Lipinski definition) is 3. The van der Waals surface area contributed by atoms with Crippen molar-refractivity contribution >= 4 is 5.97 Å². The smallest absolute Gasteiger partial charge is 0.329 e. The average molecular weight is 253 g/mol. The zero-order chi connectivity index (χ0) is 13.2. The summed E-state index contributed by atoms with van der Waals surface area (Å²) >= 11 is 0. The minimum Gasteiger partial charge on any atom is -0.480 e. The highest BCUT2D eigenvalue weighted by atomic mass is 19.1. The number of carboxylic acid groups (broad SMARTS) is 1. The van der Waals surface area contributed by atoms with Crippen LogP contribution in [-0.2, 0) is 16.1 Å². The van der Waals surface area contributed by atoms with Crippen molar-refractivity contribution in [3.8, 4) is 0 Å². The van der Waals surface area contributed by atoms with E-state index in [1.807, 2.05) is 11.8 Å². The first-order valence-electron chi connectivity index (χ1n) is 5.80. The molecule has 1 N–H and O–H groups in total. The van der Waals surface area contributed by atoms with Gasteiger partial charge in [0.1, 0.15) is 12.4 Å². The standard InChI is InChI=1S/C13H16FNO3/c1-13(18-7-12(16)17)8-15(9-13)6-10-4-2-3-5-11(10)14/h2-5H,6-9H2,1H3,(H,16,17). The molecule has 4 nitrogen and oxygen atoms in total. The average Bonchev–Trinajstić information content (AvgIpc) is 2.27. The molecule has 0 spiro atoms. The summed E-state index contributed by atoms with van der Waals surface area (Å²) in [6.07, 6.45) is 0. The molecule has 1 aromatic rings. The molecule has 0 aliphatic carbocycles. The van der Waals surface area contributed by atoms with Gasteiger partial charge in [0.15, 0.2) is 0 Å². The van der Waals surface area contributed by atoms with Crippen molar-refractivity contribution in [1.29, 1.82) is 0 Å². The van der Waals surface area contributed by atoms with Crippen LogP contribution in [0.15, 0.2) is 24.3 Å². The lowest BCUT2D eigenvalue weighted by molar-refractivity contribution is -0.165. The summed E-state index contributed by atoms with van der Waals surface area (Å²) in [6.45, 7) is 3.35. The lowest BCUT2D eigenvalue weighted by Gasteiger charge is -2.47. The Kier molecular flexibility index (Phi) is 3.63. The number of nitrogens with zero attached hydrogens (tertiary/aromatic N) is 1. The van der Waals surface area contributed by atoms with E-state index in [-0.39, 0.29) is 12.4 Å². The van der Waals surface area contributed by atoms with E-state index in [2.05, 4.69) is 0 Å². The molecule has 98 valence electrons. The van der Waals surface area contributed by atoms with Gasteiger partial charge in [0.2, 0.25) is 0 Å². The van der Waals surface area contributed by atoms with E-state index in [0.29, 0.717) is 25.2 Å². The van der Waals surface area contributed by atoms with E-state index in [1.54, 1.807) is 18.2 Å². The molecule has 1 aliphatic rings. The number of halogens is 1. The molecule has 1 aliphatic heterocycles. The third kappa shape index (κ3) is 3.05. The van der Waals surface area contributed by atoms with Gasteiger partial charge in [-0.1, -0.05) is 18.2 Å². The fourth-order valence-electron chi connectivity index (χ4n) is 2.21. The summed E-state index contributed by atoms with van der Waals surface area (Å²) in [5.74, 6) is -1.18. The second-order valence-electron chi connectivity index (χ2n) is 4.87. The number of benzene rings is 1. The van der Waals surface area contributed by atoms with Crippen LogP contribution in [0.1, 0.15) is 12.5 Å². The van der Waals surface area contributed by atoms with Crippen LogP contribution >= 0.6 is 0 Å². The highest BCUT2D eigenvalue weighted by Crippen LogP contribution is 2.26. The summed E-state index contributed by atoms with van der Waals surface area (Å²) < 4.78 is 18.7. The van der Waals surface area contributed by atoms with Gasteiger partial charge < -0.3 is 9.84 Å². The van der Waals surface area contributed by atoms with Gasteiger partial charge in [-0.2, -0.15) is 0 Å². The van der Waals surface area contributed by atoms with Gasteiger partial charge in [0, 0.05) is 25.2 Å². The molecule has 1 heterocycles. The zero-order valence-corrected chi connectivity index (χ0v) is 10.2. The summed E-state index contributed by atoms with van der Waals surface area (Å²) in [5, 5.41) is 8.55. The number of ether oxygens (including phenoxy) is 1. The van der Waals surface area contributed by atoms with Crippen molar-refractivity contribution in [2.45, 2.75) is 19.1 Å². The number of rotatable bonds is 5. The number of aliphatic carboxylic acids is 1. The summed E-state index contributed by atoms with van der Waals surface area (Å²) in [4.78, 5) is 12.4. The fourth-order valence-corrected chi connectivity index (χ4v) is 2.21. The maximum atomic E-state index is 13.4. The Bertz CT molecular complexity index is 444. The second-order valence-corrected chi connectivity index (χ2v) is 4.87. The van der Waals surface area contributed by atoms with Crippen molar-refractivity contribution < 1.29 is 19.0 Å². The monoisotopic (exact) mass is 253 g/mol. The number of carboxylic acids is 1. The van der Waals surface area contributed by atoms with Gasteiger partial charge in [-0.3, -0.25) is 4.90 Å². The first kappa shape index (κ1) is 13.0. The normalized spacial score (nSPS) is 18.3. The molecule has 0 unspecified atom stereocenters. The van der Waals surface area contributed by atoms with E-state index in [0.717, 1.165) is 0 Å². The van der Waals surface area contributed by atoms with E-state index < -0.39 is 11.6 Å². The molecular weight excluding hydrogens is 237 g/mol. The van der Waals surface area contributed by atoms with Crippen LogP contribution in [0, 0.1) is 5.82 Å². The largest absolute Gasteiger partial charge is 0.480 e. The molecule has 1 saturated heterocycles. The van der Waals surface area contributed by atoms with Crippen LogP contribution in [0.4, 0.5) is 4.39 Å². The van der Waals surface area contributed by atoms with Crippen molar-refractivity contribution in [3.63, 3.8) is 0 Å². The van der Waals surface area contributed by atoms with Crippen LogP contribution in [0.2, 0.25) is 0 Å². The van der Waals surface area contributed by atoms with Gasteiger partial charge in [-0.25, -0.2) is 9.18 Å². The van der Waals surface area contributed by atoms with Crippen LogP contribution in [-0.4, -0.2) is 41.3 Å². The van der Waals surface area contributed by atoms with Crippen LogP contribution in [0.25, 0.3) is 0 Å². The molecule has 0 aromatic heterocycles. The van der Waals surface area contributed by atoms with Crippen molar-refractivity contribution in [2.24, 2.45) is 0 Å². The Morgan fingerprint density at radius 2 is 2.17 bits per heavy atom. The molecule has 0 radical (unpaired) electrons. The predicted octanol–water partition coefficient (Wildman–Crippen LogP) is 1.50. The van der Waals surface area contributed by atoms with Crippen molar-refractivity contribution in [2.75, 3.05) is 19.7 Å². The summed E-state index contributed by atoms with van der Waals surface area (Å²) in [5.41, 5.74) is 0.224. The predicted molar refractivity (Wildman–Crippen MR) is 63.7 cm³/mol. The Balaban J connectivity index is 1.82. The van der Waals surface area contributed by atoms with Gasteiger partial charge >= 0.3 is 5.97 Å². The maximum Gasteiger partial charge on any atom is 0.329 e. The van der Waals surface area contributed by atoms with Crippen LogP contribution in [0.3, 0.4) is 0 Å². The van der Waals surface area contributed by atoms with E-state index in [1.165, 1.54) is 6.07 Å².